The van der Waals surface area contributed by atoms with Gasteiger partial charge >= 0.3 is 0 Å². The summed E-state index contributed by atoms with van der Waals surface area (Å²) in [4.78, 5) is 15.1. The zero-order chi connectivity index (χ0) is 15.1. The van der Waals surface area contributed by atoms with E-state index in [1.807, 2.05) is 0 Å². The lowest BCUT2D eigenvalue weighted by atomic mass is 10.2. The monoisotopic (exact) mass is 289 g/mol. The summed E-state index contributed by atoms with van der Waals surface area (Å²) in [6, 6.07) is 7.56. The number of nitrogens with one attached hydrogen (secondary N) is 1. The number of hydrogen-bond acceptors (Lipinski definition) is 4. The highest BCUT2D eigenvalue weighted by Gasteiger charge is 2.06. The molecule has 0 saturated carbocycles. The first-order chi connectivity index (χ1) is 10.2. The number of anilines is 1. The quantitative estimate of drug-likeness (QED) is 0.766. The number of aromatic nitrogens is 1. The van der Waals surface area contributed by atoms with E-state index in [4.69, 9.17) is 10.5 Å². The zero-order valence-corrected chi connectivity index (χ0v) is 11.4. The minimum atomic E-state index is -0.520. The van der Waals surface area contributed by atoms with Gasteiger partial charge < -0.3 is 15.8 Å². The smallest absolute Gasteiger partial charge is 0.252 e. The van der Waals surface area contributed by atoms with Crippen molar-refractivity contribution in [1.82, 2.24) is 4.98 Å². The van der Waals surface area contributed by atoms with Crippen LogP contribution < -0.4 is 15.8 Å². The maximum absolute atomic E-state index is 12.7. The number of ether oxygens (including phenoxy) is 1. The predicted octanol–water partition coefficient (Wildman–Crippen LogP) is 2.20. The van der Waals surface area contributed by atoms with Crippen LogP contribution in [0.25, 0.3) is 0 Å². The normalized spacial score (nSPS) is 10.1. The number of nitrogens with two attached hydrogens (primary N) is 1. The Morgan fingerprint density at radius 2 is 2.05 bits per heavy atom. The van der Waals surface area contributed by atoms with Crippen LogP contribution in [0.15, 0.2) is 42.7 Å². The van der Waals surface area contributed by atoms with Crippen molar-refractivity contribution in [3.63, 3.8) is 0 Å². The third-order valence-corrected chi connectivity index (χ3v) is 2.81. The topological polar surface area (TPSA) is 77.2 Å². The largest absolute Gasteiger partial charge is 0.494 e. The van der Waals surface area contributed by atoms with Gasteiger partial charge in [-0.3, -0.25) is 9.78 Å². The Balaban J connectivity index is 1.75. The molecule has 2 aromatic rings. The lowest BCUT2D eigenvalue weighted by molar-refractivity contribution is 0.100. The summed E-state index contributed by atoms with van der Waals surface area (Å²) in [6.07, 6.45) is 3.74. The lowest BCUT2D eigenvalue weighted by Gasteiger charge is -2.10. The summed E-state index contributed by atoms with van der Waals surface area (Å²) < 4.78 is 18.2. The second-order valence-electron chi connectivity index (χ2n) is 4.37. The van der Waals surface area contributed by atoms with E-state index in [0.29, 0.717) is 30.2 Å². The summed E-state index contributed by atoms with van der Waals surface area (Å²) >= 11 is 0. The van der Waals surface area contributed by atoms with Gasteiger partial charge in [-0.1, -0.05) is 0 Å². The lowest BCUT2D eigenvalue weighted by Crippen LogP contribution is -2.16. The fourth-order valence-electron chi connectivity index (χ4n) is 1.76. The van der Waals surface area contributed by atoms with Crippen molar-refractivity contribution in [2.75, 3.05) is 18.5 Å². The first-order valence-electron chi connectivity index (χ1n) is 6.53. The maximum atomic E-state index is 12.7. The molecule has 1 aromatic heterocycles. The van der Waals surface area contributed by atoms with E-state index >= 15 is 0 Å². The first kappa shape index (κ1) is 14.8. The van der Waals surface area contributed by atoms with Crippen LogP contribution in [-0.2, 0) is 0 Å². The van der Waals surface area contributed by atoms with Gasteiger partial charge in [0.1, 0.15) is 11.6 Å². The second-order valence-corrected chi connectivity index (χ2v) is 4.37. The molecule has 0 atom stereocenters. The van der Waals surface area contributed by atoms with Crippen LogP contribution in [0.5, 0.6) is 5.75 Å². The molecule has 0 aliphatic carbocycles. The summed E-state index contributed by atoms with van der Waals surface area (Å²) in [5.74, 6) is -0.188. The molecular formula is C15H16FN3O2. The number of benzene rings is 1. The van der Waals surface area contributed by atoms with E-state index in [2.05, 4.69) is 10.3 Å². The highest BCUT2D eigenvalue weighted by atomic mass is 19.1. The van der Waals surface area contributed by atoms with Gasteiger partial charge in [0.05, 0.1) is 17.9 Å². The number of halogens is 1. The van der Waals surface area contributed by atoms with Crippen LogP contribution >= 0.6 is 0 Å². The van der Waals surface area contributed by atoms with E-state index in [1.54, 1.807) is 24.4 Å². The number of carbonyl (C=O) groups is 1. The third-order valence-electron chi connectivity index (χ3n) is 2.81. The second kappa shape index (κ2) is 7.23. The van der Waals surface area contributed by atoms with Gasteiger partial charge in [0.25, 0.3) is 5.91 Å². The van der Waals surface area contributed by atoms with Gasteiger partial charge in [-0.15, -0.1) is 0 Å². The Labute approximate surface area is 121 Å². The van der Waals surface area contributed by atoms with Crippen LogP contribution in [0.4, 0.5) is 10.1 Å². The van der Waals surface area contributed by atoms with Crippen LogP contribution in [-0.4, -0.2) is 24.0 Å². The van der Waals surface area contributed by atoms with Gasteiger partial charge in [-0.05, 0) is 36.8 Å². The fourth-order valence-corrected chi connectivity index (χ4v) is 1.76. The highest BCUT2D eigenvalue weighted by molar-refractivity contribution is 5.98. The Hall–Kier alpha value is -2.63. The molecule has 0 fully saturated rings. The van der Waals surface area contributed by atoms with Crippen molar-refractivity contribution < 1.29 is 13.9 Å². The summed E-state index contributed by atoms with van der Waals surface area (Å²) in [7, 11) is 0. The molecule has 2 rings (SSSR count). The summed E-state index contributed by atoms with van der Waals surface area (Å²) in [5, 5.41) is 3.11. The molecule has 0 saturated heterocycles. The van der Waals surface area contributed by atoms with Gasteiger partial charge in [0, 0.05) is 18.9 Å². The maximum Gasteiger partial charge on any atom is 0.252 e. The zero-order valence-electron chi connectivity index (χ0n) is 11.4. The molecule has 0 unspecified atom stereocenters. The molecule has 5 nitrogen and oxygen atoms in total. The standard InChI is InChI=1S/C15H16FN3O2/c16-11-2-4-12(5-3-11)21-9-1-7-19-14-6-8-18-10-13(14)15(17)20/h2-6,8,10H,1,7,9H2,(H2,17,20)(H,18,19). The van der Waals surface area contributed by atoms with Crippen molar-refractivity contribution >= 4 is 11.6 Å². The Morgan fingerprint density at radius 3 is 2.76 bits per heavy atom. The average molecular weight is 289 g/mol. The summed E-state index contributed by atoms with van der Waals surface area (Å²) in [5.41, 5.74) is 6.27. The number of carbonyl (C=O) groups excluding carboxylic acids is 1. The van der Waals surface area contributed by atoms with Crippen molar-refractivity contribution in [1.29, 1.82) is 0 Å². The molecule has 0 aliphatic rings. The number of pyridine rings is 1. The molecule has 0 spiro atoms. The molecule has 1 amide bonds. The minimum absolute atomic E-state index is 0.291. The number of nitrogens with zero attached hydrogens (tertiary/aromatic N) is 1. The first-order valence-corrected chi connectivity index (χ1v) is 6.53. The fraction of sp³-hybridized carbons (Fsp3) is 0.200. The van der Waals surface area contributed by atoms with Crippen molar-refractivity contribution in [2.45, 2.75) is 6.42 Å². The number of rotatable bonds is 7. The van der Waals surface area contributed by atoms with Crippen molar-refractivity contribution in [3.8, 4) is 5.75 Å². The predicted molar refractivity (Wildman–Crippen MR) is 77.8 cm³/mol. The number of primary amides is 1. The van der Waals surface area contributed by atoms with E-state index in [-0.39, 0.29) is 5.82 Å². The molecular weight excluding hydrogens is 273 g/mol. The van der Waals surface area contributed by atoms with Crippen LogP contribution in [0.1, 0.15) is 16.8 Å². The Bertz CT molecular complexity index is 602. The molecule has 21 heavy (non-hydrogen) atoms. The third kappa shape index (κ3) is 4.45. The van der Waals surface area contributed by atoms with Gasteiger partial charge in [-0.2, -0.15) is 0 Å². The molecule has 6 heteroatoms. The van der Waals surface area contributed by atoms with E-state index in [0.717, 1.165) is 6.42 Å². The Morgan fingerprint density at radius 1 is 1.29 bits per heavy atom. The molecule has 0 bridgehead atoms. The van der Waals surface area contributed by atoms with Crippen LogP contribution in [0.2, 0.25) is 0 Å². The molecule has 0 aliphatic heterocycles. The van der Waals surface area contributed by atoms with E-state index < -0.39 is 5.91 Å². The SMILES string of the molecule is NC(=O)c1cnccc1NCCCOc1ccc(F)cc1. The van der Waals surface area contributed by atoms with E-state index in [1.165, 1.54) is 18.3 Å². The highest BCUT2D eigenvalue weighted by Crippen LogP contribution is 2.13. The molecule has 110 valence electrons. The van der Waals surface area contributed by atoms with Crippen molar-refractivity contribution in [2.24, 2.45) is 5.73 Å². The molecule has 3 N–H and O–H groups in total. The average Bonchev–Trinajstić information content (AvgIpc) is 2.49. The van der Waals surface area contributed by atoms with Crippen molar-refractivity contribution in [3.05, 3.63) is 54.1 Å². The van der Waals surface area contributed by atoms with Gasteiger partial charge in [0.15, 0.2) is 0 Å². The molecule has 1 heterocycles. The van der Waals surface area contributed by atoms with E-state index in [9.17, 15) is 9.18 Å². The molecule has 0 radical (unpaired) electrons. The number of hydrogen-bond donors (Lipinski definition) is 2. The van der Waals surface area contributed by atoms with Crippen LogP contribution in [0.3, 0.4) is 0 Å². The van der Waals surface area contributed by atoms with Gasteiger partial charge in [0.2, 0.25) is 0 Å². The minimum Gasteiger partial charge on any atom is -0.494 e. The molecule has 1 aromatic carbocycles. The van der Waals surface area contributed by atoms with Gasteiger partial charge in [-0.25, -0.2) is 4.39 Å². The number of amides is 1. The van der Waals surface area contributed by atoms with Crippen LogP contribution in [0, 0.1) is 5.82 Å². The Kier molecular flexibility index (Phi) is 5.09. The summed E-state index contributed by atoms with van der Waals surface area (Å²) in [6.45, 7) is 1.10.